The predicted molar refractivity (Wildman–Crippen MR) is 56.6 cm³/mol. The highest BCUT2D eigenvalue weighted by molar-refractivity contribution is 5.95. The van der Waals surface area contributed by atoms with Crippen molar-refractivity contribution in [2.45, 2.75) is 32.0 Å². The Morgan fingerprint density at radius 2 is 2.40 bits per heavy atom. The summed E-state index contributed by atoms with van der Waals surface area (Å²) in [6.45, 7) is 2.76. The second kappa shape index (κ2) is 3.38. The van der Waals surface area contributed by atoms with Gasteiger partial charge < -0.3 is 15.2 Å². The molecule has 2 heterocycles. The van der Waals surface area contributed by atoms with Crippen LogP contribution in [0.4, 0.5) is 0 Å². The predicted octanol–water partition coefficient (Wildman–Crippen LogP) is 0.483. The summed E-state index contributed by atoms with van der Waals surface area (Å²) in [6.07, 6.45) is 4.29. The molecule has 1 saturated carbocycles. The Morgan fingerprint density at radius 1 is 1.53 bits per heavy atom. The third kappa shape index (κ3) is 1.65. The van der Waals surface area contributed by atoms with Gasteiger partial charge in [-0.3, -0.25) is 4.79 Å². The number of carbonyl (C=O) groups excluding carboxylic acids is 1. The maximum atomic E-state index is 11.9. The van der Waals surface area contributed by atoms with Gasteiger partial charge in [0.2, 0.25) is 0 Å². The van der Waals surface area contributed by atoms with E-state index in [4.69, 9.17) is 0 Å². The van der Waals surface area contributed by atoms with E-state index < -0.39 is 0 Å². The average Bonchev–Trinajstić information content (AvgIpc) is 2.96. The average molecular weight is 205 g/mol. The molecule has 0 unspecified atom stereocenters. The van der Waals surface area contributed by atoms with Crippen LogP contribution in [0.2, 0.25) is 0 Å². The number of nitrogens with zero attached hydrogens (tertiary/aromatic N) is 1. The first-order valence-corrected chi connectivity index (χ1v) is 5.54. The lowest BCUT2D eigenvalue weighted by atomic mass is 10.2. The van der Waals surface area contributed by atoms with Crippen molar-refractivity contribution < 1.29 is 4.79 Å². The first kappa shape index (κ1) is 8.97. The molecular formula is C11H15N3O. The quantitative estimate of drug-likeness (QED) is 0.738. The number of hydrogen-bond donors (Lipinski definition) is 2. The van der Waals surface area contributed by atoms with E-state index in [1.807, 2.05) is 12.3 Å². The van der Waals surface area contributed by atoms with Crippen LogP contribution in [0, 0.1) is 0 Å². The van der Waals surface area contributed by atoms with E-state index in [1.165, 1.54) is 0 Å². The molecular weight excluding hydrogens is 190 g/mol. The molecule has 1 fully saturated rings. The molecule has 1 aromatic rings. The van der Waals surface area contributed by atoms with E-state index >= 15 is 0 Å². The fourth-order valence-corrected chi connectivity index (χ4v) is 2.02. The molecule has 2 aliphatic rings. The Bertz CT molecular complexity index is 393. The summed E-state index contributed by atoms with van der Waals surface area (Å²) in [4.78, 5) is 11.9. The van der Waals surface area contributed by atoms with Crippen molar-refractivity contribution in [3.8, 4) is 0 Å². The van der Waals surface area contributed by atoms with Gasteiger partial charge in [-0.05, 0) is 18.9 Å². The highest BCUT2D eigenvalue weighted by atomic mass is 16.1. The molecule has 4 nitrogen and oxygen atoms in total. The van der Waals surface area contributed by atoms with Crippen molar-refractivity contribution in [2.24, 2.45) is 0 Å². The minimum atomic E-state index is 0.0925. The first-order valence-electron chi connectivity index (χ1n) is 5.54. The molecule has 1 aliphatic heterocycles. The number of amides is 1. The minimum absolute atomic E-state index is 0.0925. The van der Waals surface area contributed by atoms with Crippen molar-refractivity contribution in [3.05, 3.63) is 23.5 Å². The fourth-order valence-electron chi connectivity index (χ4n) is 2.02. The molecule has 1 aliphatic carbocycles. The topological polar surface area (TPSA) is 46.1 Å². The lowest BCUT2D eigenvalue weighted by molar-refractivity contribution is 0.0949. The monoisotopic (exact) mass is 205 g/mol. The van der Waals surface area contributed by atoms with E-state index in [1.54, 1.807) is 0 Å². The van der Waals surface area contributed by atoms with Gasteiger partial charge in [-0.2, -0.15) is 0 Å². The van der Waals surface area contributed by atoms with Crippen LogP contribution in [0.1, 0.15) is 28.9 Å². The van der Waals surface area contributed by atoms with Gasteiger partial charge in [0.25, 0.3) is 5.91 Å². The van der Waals surface area contributed by atoms with Gasteiger partial charge >= 0.3 is 0 Å². The molecule has 2 N–H and O–H groups in total. The van der Waals surface area contributed by atoms with E-state index in [2.05, 4.69) is 15.2 Å². The van der Waals surface area contributed by atoms with E-state index in [-0.39, 0.29) is 5.91 Å². The van der Waals surface area contributed by atoms with Crippen LogP contribution in [-0.2, 0) is 13.1 Å². The van der Waals surface area contributed by atoms with Crippen LogP contribution >= 0.6 is 0 Å². The number of fused-ring (bicyclic) bond motifs is 1. The largest absolute Gasteiger partial charge is 0.349 e. The standard InChI is InChI=1S/C11H15N3O/c15-11(13-8-1-2-8)9-3-5-14-6-4-12-7-10(9)14/h3,5,8,12H,1-2,4,6-7H2,(H,13,15). The molecule has 0 radical (unpaired) electrons. The Balaban J connectivity index is 1.83. The highest BCUT2D eigenvalue weighted by Crippen LogP contribution is 2.21. The summed E-state index contributed by atoms with van der Waals surface area (Å²) in [7, 11) is 0. The molecule has 80 valence electrons. The van der Waals surface area contributed by atoms with Crippen molar-refractivity contribution in [1.29, 1.82) is 0 Å². The highest BCUT2D eigenvalue weighted by Gasteiger charge is 2.26. The second-order valence-corrected chi connectivity index (χ2v) is 4.29. The van der Waals surface area contributed by atoms with Crippen LogP contribution in [-0.4, -0.2) is 23.1 Å². The molecule has 0 bridgehead atoms. The van der Waals surface area contributed by atoms with Gasteiger partial charge in [-0.15, -0.1) is 0 Å². The molecule has 1 aromatic heterocycles. The summed E-state index contributed by atoms with van der Waals surface area (Å²) in [6, 6.07) is 2.37. The van der Waals surface area contributed by atoms with Gasteiger partial charge in [0.1, 0.15) is 0 Å². The summed E-state index contributed by atoms with van der Waals surface area (Å²) in [5, 5.41) is 6.32. The zero-order chi connectivity index (χ0) is 10.3. The third-order valence-electron chi connectivity index (χ3n) is 3.06. The van der Waals surface area contributed by atoms with Crippen LogP contribution in [0.15, 0.2) is 12.3 Å². The Morgan fingerprint density at radius 3 is 3.20 bits per heavy atom. The fraction of sp³-hybridized carbons (Fsp3) is 0.545. The Labute approximate surface area is 88.7 Å². The normalized spacial score (nSPS) is 19.7. The van der Waals surface area contributed by atoms with Crippen LogP contribution in [0.25, 0.3) is 0 Å². The van der Waals surface area contributed by atoms with Gasteiger partial charge in [0.05, 0.1) is 5.56 Å². The Hall–Kier alpha value is -1.29. The maximum Gasteiger partial charge on any atom is 0.253 e. The molecule has 15 heavy (non-hydrogen) atoms. The lowest BCUT2D eigenvalue weighted by Crippen LogP contribution is -2.31. The summed E-state index contributed by atoms with van der Waals surface area (Å²) in [5.74, 6) is 0.0925. The molecule has 0 aromatic carbocycles. The Kier molecular flexibility index (Phi) is 2.02. The van der Waals surface area contributed by atoms with E-state index in [9.17, 15) is 4.79 Å². The molecule has 0 spiro atoms. The van der Waals surface area contributed by atoms with Crippen molar-refractivity contribution in [3.63, 3.8) is 0 Å². The summed E-state index contributed by atoms with van der Waals surface area (Å²) >= 11 is 0. The minimum Gasteiger partial charge on any atom is -0.349 e. The number of hydrogen-bond acceptors (Lipinski definition) is 2. The van der Waals surface area contributed by atoms with Crippen molar-refractivity contribution >= 4 is 5.91 Å². The van der Waals surface area contributed by atoms with Gasteiger partial charge in [-0.25, -0.2) is 0 Å². The van der Waals surface area contributed by atoms with Crippen molar-refractivity contribution in [2.75, 3.05) is 6.54 Å². The third-order valence-corrected chi connectivity index (χ3v) is 3.06. The molecule has 0 atom stereocenters. The zero-order valence-corrected chi connectivity index (χ0v) is 8.62. The van der Waals surface area contributed by atoms with Crippen LogP contribution in [0.3, 0.4) is 0 Å². The number of carbonyl (C=O) groups is 1. The lowest BCUT2D eigenvalue weighted by Gasteiger charge is -2.17. The van der Waals surface area contributed by atoms with E-state index in [0.717, 1.165) is 43.7 Å². The maximum absolute atomic E-state index is 11.9. The molecule has 4 heteroatoms. The van der Waals surface area contributed by atoms with Gasteiger partial charge in [0.15, 0.2) is 0 Å². The van der Waals surface area contributed by atoms with Crippen LogP contribution < -0.4 is 10.6 Å². The van der Waals surface area contributed by atoms with Crippen molar-refractivity contribution in [1.82, 2.24) is 15.2 Å². The zero-order valence-electron chi connectivity index (χ0n) is 8.62. The molecule has 3 rings (SSSR count). The molecule has 0 saturated heterocycles. The number of nitrogens with one attached hydrogen (secondary N) is 2. The number of aromatic nitrogens is 1. The summed E-state index contributed by atoms with van der Waals surface area (Å²) in [5.41, 5.74) is 1.97. The van der Waals surface area contributed by atoms with Crippen LogP contribution in [0.5, 0.6) is 0 Å². The smallest absolute Gasteiger partial charge is 0.253 e. The number of rotatable bonds is 2. The molecule has 1 amide bonds. The van der Waals surface area contributed by atoms with Gasteiger partial charge in [0, 0.05) is 37.6 Å². The van der Waals surface area contributed by atoms with Gasteiger partial charge in [-0.1, -0.05) is 0 Å². The first-order chi connectivity index (χ1) is 7.34. The summed E-state index contributed by atoms with van der Waals surface area (Å²) < 4.78 is 2.16. The SMILES string of the molecule is O=C(NC1CC1)c1ccn2c1CNCC2. The second-order valence-electron chi connectivity index (χ2n) is 4.29. The van der Waals surface area contributed by atoms with E-state index in [0.29, 0.717) is 6.04 Å².